The molecular formula is C16H32O2. The molecule has 0 rings (SSSR count). The summed E-state index contributed by atoms with van der Waals surface area (Å²) in [5.41, 5.74) is 0. The number of carbonyl (C=O) groups is 1. The molecule has 0 aromatic heterocycles. The molecule has 0 aliphatic carbocycles. The Labute approximate surface area is 113 Å². The van der Waals surface area contributed by atoms with Crippen molar-refractivity contribution in [2.45, 2.75) is 91.1 Å². The molecule has 2 heteroatoms. The molecule has 1 atom stereocenters. The SMILES string of the molecule is CCCCCCCCCC(=O)C(CCC)OCC. The van der Waals surface area contributed by atoms with Crippen molar-refractivity contribution < 1.29 is 9.53 Å². The Morgan fingerprint density at radius 2 is 1.50 bits per heavy atom. The van der Waals surface area contributed by atoms with Crippen LogP contribution in [0, 0.1) is 0 Å². The van der Waals surface area contributed by atoms with E-state index in [1.54, 1.807) is 0 Å². The van der Waals surface area contributed by atoms with Crippen molar-refractivity contribution in [2.75, 3.05) is 6.61 Å². The third kappa shape index (κ3) is 9.64. The zero-order valence-electron chi connectivity index (χ0n) is 12.7. The molecule has 0 aromatic rings. The second-order valence-electron chi connectivity index (χ2n) is 5.07. The van der Waals surface area contributed by atoms with Crippen LogP contribution in [-0.4, -0.2) is 18.5 Å². The van der Waals surface area contributed by atoms with Crippen molar-refractivity contribution >= 4 is 5.78 Å². The van der Waals surface area contributed by atoms with Gasteiger partial charge in [-0.15, -0.1) is 0 Å². The van der Waals surface area contributed by atoms with E-state index in [1.807, 2.05) is 6.92 Å². The maximum Gasteiger partial charge on any atom is 0.161 e. The van der Waals surface area contributed by atoms with Gasteiger partial charge in [0.1, 0.15) is 6.10 Å². The van der Waals surface area contributed by atoms with Crippen LogP contribution in [0.25, 0.3) is 0 Å². The fraction of sp³-hybridized carbons (Fsp3) is 0.938. The predicted molar refractivity (Wildman–Crippen MR) is 77.9 cm³/mol. The second-order valence-corrected chi connectivity index (χ2v) is 5.07. The summed E-state index contributed by atoms with van der Waals surface area (Å²) < 4.78 is 5.50. The average Bonchev–Trinajstić information content (AvgIpc) is 2.37. The second kappa shape index (κ2) is 13.1. The van der Waals surface area contributed by atoms with Crippen molar-refractivity contribution in [2.24, 2.45) is 0 Å². The summed E-state index contributed by atoms with van der Waals surface area (Å²) >= 11 is 0. The van der Waals surface area contributed by atoms with E-state index in [4.69, 9.17) is 4.74 Å². The Morgan fingerprint density at radius 3 is 2.06 bits per heavy atom. The molecule has 0 amide bonds. The maximum atomic E-state index is 11.9. The monoisotopic (exact) mass is 256 g/mol. The van der Waals surface area contributed by atoms with Crippen LogP contribution < -0.4 is 0 Å². The minimum atomic E-state index is -0.139. The summed E-state index contributed by atoms with van der Waals surface area (Å²) in [6, 6.07) is 0. The molecule has 108 valence electrons. The van der Waals surface area contributed by atoms with Crippen molar-refractivity contribution in [3.8, 4) is 0 Å². The summed E-state index contributed by atoms with van der Waals surface area (Å²) in [6.45, 7) is 6.95. The van der Waals surface area contributed by atoms with Gasteiger partial charge in [-0.1, -0.05) is 58.8 Å². The third-order valence-electron chi connectivity index (χ3n) is 3.30. The van der Waals surface area contributed by atoms with E-state index in [1.165, 1.54) is 38.5 Å². The molecule has 0 saturated carbocycles. The number of ether oxygens (including phenoxy) is 1. The van der Waals surface area contributed by atoms with Gasteiger partial charge in [-0.05, 0) is 19.8 Å². The van der Waals surface area contributed by atoms with Crippen LogP contribution in [0.1, 0.15) is 85.0 Å². The highest BCUT2D eigenvalue weighted by Gasteiger charge is 2.16. The molecule has 0 heterocycles. The lowest BCUT2D eigenvalue weighted by Gasteiger charge is -2.14. The van der Waals surface area contributed by atoms with Gasteiger partial charge in [-0.3, -0.25) is 4.79 Å². The van der Waals surface area contributed by atoms with Gasteiger partial charge in [0.25, 0.3) is 0 Å². The minimum Gasteiger partial charge on any atom is -0.371 e. The largest absolute Gasteiger partial charge is 0.371 e. The van der Waals surface area contributed by atoms with E-state index in [2.05, 4.69) is 13.8 Å². The molecule has 0 fully saturated rings. The van der Waals surface area contributed by atoms with Gasteiger partial charge in [0.2, 0.25) is 0 Å². The number of hydrogen-bond donors (Lipinski definition) is 0. The van der Waals surface area contributed by atoms with E-state index in [9.17, 15) is 4.79 Å². The van der Waals surface area contributed by atoms with Gasteiger partial charge in [0.15, 0.2) is 5.78 Å². The van der Waals surface area contributed by atoms with Crippen LogP contribution >= 0.6 is 0 Å². The fourth-order valence-electron chi connectivity index (χ4n) is 2.22. The van der Waals surface area contributed by atoms with Gasteiger partial charge in [-0.2, -0.15) is 0 Å². The third-order valence-corrected chi connectivity index (χ3v) is 3.30. The predicted octanol–water partition coefficient (Wildman–Crippen LogP) is 4.90. The first kappa shape index (κ1) is 17.6. The van der Waals surface area contributed by atoms with E-state index in [-0.39, 0.29) is 6.10 Å². The van der Waals surface area contributed by atoms with E-state index < -0.39 is 0 Å². The Balaban J connectivity index is 3.54. The molecule has 0 aromatic carbocycles. The molecule has 0 saturated heterocycles. The zero-order chi connectivity index (χ0) is 13.6. The smallest absolute Gasteiger partial charge is 0.161 e. The Hall–Kier alpha value is -0.370. The Morgan fingerprint density at radius 1 is 0.889 bits per heavy atom. The molecule has 0 N–H and O–H groups in total. The first-order valence-electron chi connectivity index (χ1n) is 7.90. The zero-order valence-corrected chi connectivity index (χ0v) is 12.7. The molecule has 0 aliphatic heterocycles. The quantitative estimate of drug-likeness (QED) is 0.438. The van der Waals surface area contributed by atoms with Crippen molar-refractivity contribution in [3.63, 3.8) is 0 Å². The number of hydrogen-bond acceptors (Lipinski definition) is 2. The Kier molecular flexibility index (Phi) is 12.8. The van der Waals surface area contributed by atoms with Crippen molar-refractivity contribution in [1.29, 1.82) is 0 Å². The topological polar surface area (TPSA) is 26.3 Å². The summed E-state index contributed by atoms with van der Waals surface area (Å²) in [6.07, 6.45) is 11.3. The van der Waals surface area contributed by atoms with E-state index in [0.717, 1.165) is 19.3 Å². The standard InChI is InChI=1S/C16H32O2/c1-4-7-8-9-10-11-12-14-15(17)16(13-5-2)18-6-3/h16H,4-14H2,1-3H3. The number of carbonyl (C=O) groups excluding carboxylic acids is 1. The van der Waals surface area contributed by atoms with Crippen LogP contribution in [0.5, 0.6) is 0 Å². The van der Waals surface area contributed by atoms with Gasteiger partial charge >= 0.3 is 0 Å². The number of Topliss-reactive ketones (excluding diaryl/α,β-unsaturated/α-hetero) is 1. The van der Waals surface area contributed by atoms with Crippen molar-refractivity contribution in [1.82, 2.24) is 0 Å². The first-order chi connectivity index (χ1) is 8.76. The molecule has 1 unspecified atom stereocenters. The molecule has 0 bridgehead atoms. The first-order valence-corrected chi connectivity index (χ1v) is 7.90. The summed E-state index contributed by atoms with van der Waals surface area (Å²) in [5, 5.41) is 0. The van der Waals surface area contributed by atoms with Crippen LogP contribution in [0.4, 0.5) is 0 Å². The van der Waals surface area contributed by atoms with Gasteiger partial charge in [0.05, 0.1) is 0 Å². The fourth-order valence-corrected chi connectivity index (χ4v) is 2.22. The lowest BCUT2D eigenvalue weighted by molar-refractivity contribution is -0.130. The summed E-state index contributed by atoms with van der Waals surface area (Å²) in [7, 11) is 0. The lowest BCUT2D eigenvalue weighted by atomic mass is 10.0. The number of unbranched alkanes of at least 4 members (excludes halogenated alkanes) is 6. The molecule has 0 aliphatic rings. The minimum absolute atomic E-state index is 0.139. The summed E-state index contributed by atoms with van der Waals surface area (Å²) in [4.78, 5) is 11.9. The van der Waals surface area contributed by atoms with Crippen LogP contribution in [0.2, 0.25) is 0 Å². The summed E-state index contributed by atoms with van der Waals surface area (Å²) in [5.74, 6) is 0.312. The average molecular weight is 256 g/mol. The van der Waals surface area contributed by atoms with Crippen LogP contribution in [0.3, 0.4) is 0 Å². The molecule has 18 heavy (non-hydrogen) atoms. The Bertz CT molecular complexity index is 184. The number of ketones is 1. The lowest BCUT2D eigenvalue weighted by Crippen LogP contribution is -2.24. The highest BCUT2D eigenvalue weighted by Crippen LogP contribution is 2.12. The van der Waals surface area contributed by atoms with Crippen LogP contribution in [-0.2, 0) is 9.53 Å². The molecule has 0 radical (unpaired) electrons. The highest BCUT2D eigenvalue weighted by atomic mass is 16.5. The molecule has 2 nitrogen and oxygen atoms in total. The van der Waals surface area contributed by atoms with Gasteiger partial charge in [0, 0.05) is 13.0 Å². The van der Waals surface area contributed by atoms with Crippen molar-refractivity contribution in [3.05, 3.63) is 0 Å². The normalized spacial score (nSPS) is 12.6. The van der Waals surface area contributed by atoms with Gasteiger partial charge in [-0.25, -0.2) is 0 Å². The molecule has 0 spiro atoms. The molecular weight excluding hydrogens is 224 g/mol. The van der Waals surface area contributed by atoms with Crippen LogP contribution in [0.15, 0.2) is 0 Å². The van der Waals surface area contributed by atoms with Gasteiger partial charge < -0.3 is 4.74 Å². The highest BCUT2D eigenvalue weighted by molar-refractivity contribution is 5.82. The van der Waals surface area contributed by atoms with E-state index >= 15 is 0 Å². The number of rotatable bonds is 13. The van der Waals surface area contributed by atoms with E-state index in [0.29, 0.717) is 18.8 Å². The maximum absolute atomic E-state index is 11.9.